The molecule has 0 aliphatic carbocycles. The highest BCUT2D eigenvalue weighted by Crippen LogP contribution is 2.32. The predicted molar refractivity (Wildman–Crippen MR) is 63.5 cm³/mol. The van der Waals surface area contributed by atoms with E-state index >= 15 is 0 Å². The molecule has 1 fully saturated rings. The quantitative estimate of drug-likeness (QED) is 0.545. The molecule has 0 aromatic carbocycles. The van der Waals surface area contributed by atoms with Crippen molar-refractivity contribution in [1.29, 1.82) is 0 Å². The summed E-state index contributed by atoms with van der Waals surface area (Å²) in [5.74, 6) is 0.237. The Morgan fingerprint density at radius 3 is 3.07 bits per heavy atom. The van der Waals surface area contributed by atoms with Crippen molar-refractivity contribution in [3.63, 3.8) is 0 Å². The van der Waals surface area contributed by atoms with E-state index in [1.807, 2.05) is 6.08 Å². The molecule has 0 saturated carbocycles. The summed E-state index contributed by atoms with van der Waals surface area (Å²) in [7, 11) is 0. The molecular weight excluding hydrogens is 186 g/mol. The van der Waals surface area contributed by atoms with Crippen LogP contribution >= 0.6 is 0 Å². The molecular formula is C13H21NO. The maximum Gasteiger partial charge on any atom is 0.225 e. The van der Waals surface area contributed by atoms with Crippen LogP contribution in [0.4, 0.5) is 0 Å². The van der Waals surface area contributed by atoms with Crippen LogP contribution in [0.25, 0.3) is 0 Å². The van der Waals surface area contributed by atoms with E-state index in [4.69, 9.17) is 0 Å². The Kier molecular flexibility index (Phi) is 4.60. The Morgan fingerprint density at radius 1 is 1.60 bits per heavy atom. The van der Waals surface area contributed by atoms with Crippen molar-refractivity contribution in [2.45, 2.75) is 39.0 Å². The van der Waals surface area contributed by atoms with Gasteiger partial charge in [0.05, 0.1) is 0 Å². The number of piperidine rings is 1. The lowest BCUT2D eigenvalue weighted by Gasteiger charge is -2.32. The van der Waals surface area contributed by atoms with Crippen LogP contribution in [-0.2, 0) is 4.79 Å². The van der Waals surface area contributed by atoms with Gasteiger partial charge in [0.25, 0.3) is 0 Å². The van der Waals surface area contributed by atoms with Gasteiger partial charge in [-0.05, 0) is 32.1 Å². The van der Waals surface area contributed by atoms with Crippen molar-refractivity contribution >= 4 is 5.91 Å². The van der Waals surface area contributed by atoms with Gasteiger partial charge in [-0.2, -0.15) is 0 Å². The molecule has 0 aromatic rings. The van der Waals surface area contributed by atoms with Crippen LogP contribution in [0, 0.1) is 5.41 Å². The molecule has 1 unspecified atom stereocenters. The monoisotopic (exact) mass is 207 g/mol. The van der Waals surface area contributed by atoms with Crippen molar-refractivity contribution in [3.8, 4) is 0 Å². The molecule has 1 atom stereocenters. The molecule has 1 N–H and O–H groups in total. The number of allylic oxidation sites excluding steroid dienone is 3. The van der Waals surface area contributed by atoms with Crippen molar-refractivity contribution in [2.75, 3.05) is 6.54 Å². The fourth-order valence-electron chi connectivity index (χ4n) is 2.05. The molecule has 0 radical (unpaired) electrons. The lowest BCUT2D eigenvalue weighted by Crippen LogP contribution is -2.43. The molecule has 2 heteroatoms. The number of rotatable bonds is 5. The van der Waals surface area contributed by atoms with Gasteiger partial charge in [0.15, 0.2) is 0 Å². The zero-order valence-corrected chi connectivity index (χ0v) is 9.59. The van der Waals surface area contributed by atoms with Crippen molar-refractivity contribution < 1.29 is 4.79 Å². The predicted octanol–water partition coefficient (Wildman–Crippen LogP) is 2.82. The van der Waals surface area contributed by atoms with Crippen molar-refractivity contribution in [1.82, 2.24) is 5.32 Å². The van der Waals surface area contributed by atoms with Crippen LogP contribution < -0.4 is 5.32 Å². The summed E-state index contributed by atoms with van der Waals surface area (Å²) >= 11 is 0. The molecule has 1 aliphatic heterocycles. The average molecular weight is 207 g/mol. The van der Waals surface area contributed by atoms with Gasteiger partial charge in [-0.1, -0.05) is 31.7 Å². The van der Waals surface area contributed by atoms with Crippen LogP contribution in [-0.4, -0.2) is 12.5 Å². The van der Waals surface area contributed by atoms with Gasteiger partial charge in [0.1, 0.15) is 0 Å². The zero-order chi connectivity index (χ0) is 11.1. The number of hydrogen-bond acceptors (Lipinski definition) is 1. The van der Waals surface area contributed by atoms with E-state index in [0.29, 0.717) is 0 Å². The fraction of sp³-hybridized carbons (Fsp3) is 0.615. The summed E-state index contributed by atoms with van der Waals surface area (Å²) in [6.45, 7) is 6.56. The second-order valence-corrected chi connectivity index (χ2v) is 4.48. The smallest absolute Gasteiger partial charge is 0.225 e. The third-order valence-electron chi connectivity index (χ3n) is 3.11. The van der Waals surface area contributed by atoms with Crippen LogP contribution in [0.15, 0.2) is 24.8 Å². The first-order chi connectivity index (χ1) is 7.19. The summed E-state index contributed by atoms with van der Waals surface area (Å²) in [4.78, 5) is 11.7. The molecule has 1 saturated heterocycles. The minimum atomic E-state index is -0.125. The molecule has 0 bridgehead atoms. The lowest BCUT2D eigenvalue weighted by atomic mass is 9.78. The van der Waals surface area contributed by atoms with Crippen LogP contribution in [0.1, 0.15) is 39.0 Å². The Morgan fingerprint density at radius 2 is 2.40 bits per heavy atom. The Hall–Kier alpha value is -1.05. The third kappa shape index (κ3) is 3.54. The molecule has 1 rings (SSSR count). The van der Waals surface area contributed by atoms with E-state index in [1.54, 1.807) is 6.08 Å². The molecule has 1 aliphatic rings. The highest BCUT2D eigenvalue weighted by Gasteiger charge is 2.34. The molecule has 0 aromatic heterocycles. The summed E-state index contributed by atoms with van der Waals surface area (Å²) in [6, 6.07) is 0. The number of carbonyl (C=O) groups excluding carboxylic acids is 1. The van der Waals surface area contributed by atoms with Gasteiger partial charge in [0.2, 0.25) is 5.91 Å². The van der Waals surface area contributed by atoms with Crippen LogP contribution in [0.5, 0.6) is 0 Å². The summed E-state index contributed by atoms with van der Waals surface area (Å²) < 4.78 is 0. The number of amides is 1. The maximum absolute atomic E-state index is 11.7. The van der Waals surface area contributed by atoms with Crippen LogP contribution in [0.3, 0.4) is 0 Å². The first-order valence-electron chi connectivity index (χ1n) is 5.75. The van der Waals surface area contributed by atoms with Gasteiger partial charge in [-0.15, -0.1) is 0 Å². The van der Waals surface area contributed by atoms with Gasteiger partial charge >= 0.3 is 0 Å². The Labute approximate surface area is 92.4 Å². The highest BCUT2D eigenvalue weighted by atomic mass is 16.2. The Balaban J connectivity index is 2.31. The largest absolute Gasteiger partial charge is 0.356 e. The number of hydrogen-bond donors (Lipinski definition) is 1. The fourth-order valence-corrected chi connectivity index (χ4v) is 2.05. The molecule has 0 spiro atoms. The van der Waals surface area contributed by atoms with Crippen molar-refractivity contribution in [3.05, 3.63) is 24.8 Å². The van der Waals surface area contributed by atoms with E-state index in [0.717, 1.165) is 38.6 Å². The summed E-state index contributed by atoms with van der Waals surface area (Å²) in [6.07, 6.45) is 11.1. The first-order valence-corrected chi connectivity index (χ1v) is 5.75. The van der Waals surface area contributed by atoms with Gasteiger partial charge < -0.3 is 5.32 Å². The first kappa shape index (κ1) is 12.0. The van der Waals surface area contributed by atoms with E-state index in [-0.39, 0.29) is 11.3 Å². The lowest BCUT2D eigenvalue weighted by molar-refractivity contribution is -0.132. The van der Waals surface area contributed by atoms with E-state index < -0.39 is 0 Å². The molecule has 1 heterocycles. The summed E-state index contributed by atoms with van der Waals surface area (Å²) in [5, 5.41) is 2.95. The summed E-state index contributed by atoms with van der Waals surface area (Å²) in [5.41, 5.74) is -0.125. The number of unbranched alkanes of at least 4 members (excludes halogenated alkanes) is 1. The maximum atomic E-state index is 11.7. The normalized spacial score (nSPS) is 26.6. The molecule has 15 heavy (non-hydrogen) atoms. The topological polar surface area (TPSA) is 29.1 Å². The second kappa shape index (κ2) is 5.74. The highest BCUT2D eigenvalue weighted by molar-refractivity contribution is 5.82. The zero-order valence-electron chi connectivity index (χ0n) is 9.59. The molecule has 84 valence electrons. The minimum Gasteiger partial charge on any atom is -0.356 e. The number of nitrogens with one attached hydrogen (secondary N) is 1. The third-order valence-corrected chi connectivity index (χ3v) is 3.11. The van der Waals surface area contributed by atoms with Gasteiger partial charge in [-0.25, -0.2) is 0 Å². The second-order valence-electron chi connectivity index (χ2n) is 4.48. The average Bonchev–Trinajstić information content (AvgIpc) is 2.23. The minimum absolute atomic E-state index is 0.125. The molecule has 1 amide bonds. The Bertz CT molecular complexity index is 257. The number of carbonyl (C=O) groups is 1. The standard InChI is InChI=1S/C13H21NO/c1-3-4-5-6-7-9-13(2)10-8-11-14-12(13)15/h3-5H,1,6-11H2,2H3,(H,14,15)/b5-4+. The van der Waals surface area contributed by atoms with E-state index in [9.17, 15) is 4.79 Å². The van der Waals surface area contributed by atoms with Gasteiger partial charge in [-0.3, -0.25) is 4.79 Å². The van der Waals surface area contributed by atoms with Gasteiger partial charge in [0, 0.05) is 12.0 Å². The van der Waals surface area contributed by atoms with E-state index in [2.05, 4.69) is 24.9 Å². The van der Waals surface area contributed by atoms with Crippen molar-refractivity contribution in [2.24, 2.45) is 5.41 Å². The van der Waals surface area contributed by atoms with Crippen LogP contribution in [0.2, 0.25) is 0 Å². The SMILES string of the molecule is C=C/C=C/CCCC1(C)CCCNC1=O. The molecule has 2 nitrogen and oxygen atoms in total. The van der Waals surface area contributed by atoms with E-state index in [1.165, 1.54) is 0 Å².